The van der Waals surface area contributed by atoms with E-state index in [4.69, 9.17) is 80.2 Å². The number of carbonyl (C=O) groups is 9. The van der Waals surface area contributed by atoms with E-state index in [9.17, 15) is 47.5 Å². The smallest absolute Gasteiger partial charge is 0.300 e. The number of halogens is 2. The van der Waals surface area contributed by atoms with Crippen LogP contribution in [-0.4, -0.2) is 207 Å². The van der Waals surface area contributed by atoms with Gasteiger partial charge in [-0.3, -0.25) is 53.0 Å². The van der Waals surface area contributed by atoms with E-state index in [1.54, 1.807) is 42.7 Å². The van der Waals surface area contributed by atoms with E-state index >= 15 is 0 Å². The zero-order chi connectivity index (χ0) is 93.3. The number of morpholine rings is 1. The number of likely N-dealkylation sites (tertiary alicyclic amines) is 1. The quantitative estimate of drug-likeness (QED) is 0.0183. The van der Waals surface area contributed by atoms with E-state index in [1.165, 1.54) is 23.3 Å². The molecule has 1 atom stereocenters. The van der Waals surface area contributed by atoms with Crippen molar-refractivity contribution in [3.8, 4) is 5.75 Å². The van der Waals surface area contributed by atoms with Crippen LogP contribution < -0.4 is 52.6 Å². The molecule has 1 aromatic heterocycles. The first-order valence-electron chi connectivity index (χ1n) is 40.2. The Hall–Kier alpha value is -14.4. The van der Waals surface area contributed by atoms with Gasteiger partial charge in [0.1, 0.15) is 11.6 Å². The number of methoxy groups -OCH3 is 1. The lowest BCUT2D eigenvalue weighted by atomic mass is 10.0. The Balaban J connectivity index is 0.000000486. The van der Waals surface area contributed by atoms with Gasteiger partial charge < -0.3 is 101 Å². The highest BCUT2D eigenvalue weighted by Crippen LogP contribution is 2.21. The average Bonchev–Trinajstić information content (AvgIpc) is 1.47. The monoisotopic (exact) mass is 1770 g/mol. The number of amides is 9. The summed E-state index contributed by atoms with van der Waals surface area (Å²) in [4.78, 5) is 131. The second-order valence-corrected chi connectivity index (χ2v) is 28.9. The van der Waals surface area contributed by atoms with Crippen molar-refractivity contribution in [2.45, 2.75) is 96.7 Å². The number of carbonyl (C=O) groups excluding carboxylic acids is 9. The molecule has 3 heterocycles. The number of aryl methyl sites for hydroxylation is 1. The molecular weight excluding hydrogens is 1660 g/mol. The largest absolute Gasteiger partial charge is 0.496 e. The predicted molar refractivity (Wildman–Crippen MR) is 486 cm³/mol. The van der Waals surface area contributed by atoms with Crippen LogP contribution in [0.4, 0.5) is 4.39 Å². The number of benzene rings is 6. The Morgan fingerprint density at radius 1 is 0.441 bits per heavy atom. The van der Waals surface area contributed by atoms with Gasteiger partial charge in [-0.05, 0) is 133 Å². The van der Waals surface area contributed by atoms with Crippen LogP contribution in [0.25, 0.3) is 43.6 Å². The summed E-state index contributed by atoms with van der Waals surface area (Å²) in [6, 6.07) is 53.5. The van der Waals surface area contributed by atoms with Crippen molar-refractivity contribution < 1.29 is 57.0 Å². The Kier molecular flexibility index (Phi) is 59.9. The van der Waals surface area contributed by atoms with Crippen molar-refractivity contribution in [1.29, 1.82) is 0 Å². The number of piperidine rings is 1. The first-order valence-corrected chi connectivity index (χ1v) is 41.5. The summed E-state index contributed by atoms with van der Waals surface area (Å²) in [5.41, 5.74) is 7.54. The fraction of sp³-hybridized carbons (Fsp3) is 0.376. The molecule has 0 unspecified atom stereocenters. The Morgan fingerprint density at radius 2 is 0.835 bits per heavy atom. The van der Waals surface area contributed by atoms with Gasteiger partial charge in [0.15, 0.2) is 0 Å². The number of nitrogens with zero attached hydrogens (tertiary/aromatic N) is 11. The van der Waals surface area contributed by atoms with Crippen molar-refractivity contribution in [1.82, 2.24) is 57.7 Å². The number of hydrogen-bond acceptors (Lipinski definition) is 14. The molecule has 2 aliphatic heterocycles. The minimum atomic E-state index is -0.315. The molecule has 666 valence electrons. The SMILES string of the molecule is [C-]#[N+]CC(=O)NC1CC1.[C-]#[N+]CC(=O)NC1CCN(Cc2ccccc2)CC1.[C-]#[N+]CC(=O)NCCN1CCOCC1.[C-]#[N+]CC(=O)NCCc1ccc(C)c(OC)c1.[C-]#[N+]CC(=O)NCCc1ccccc1.[C-]#[N+]CC(=O)NCc1ccc(Cl)cc1.[C-]#[N+]CC(=O)NCc1ccc(F)cc1.[C-]#[N+]CC(=O)NCc1cccs1.[C-]#[N+]CC(=O)N[C@@H](C)c1ccccc1. The van der Waals surface area contributed by atoms with Crippen LogP contribution >= 0.6 is 22.9 Å². The van der Waals surface area contributed by atoms with Crippen LogP contribution in [0.1, 0.15) is 82.5 Å². The lowest BCUT2D eigenvalue weighted by molar-refractivity contribution is -0.120. The summed E-state index contributed by atoms with van der Waals surface area (Å²) in [6.45, 7) is 71.9. The minimum Gasteiger partial charge on any atom is -0.496 e. The van der Waals surface area contributed by atoms with Gasteiger partial charge in [-0.2, -0.15) is 0 Å². The molecule has 7 aromatic rings. The maximum atomic E-state index is 12.5. The van der Waals surface area contributed by atoms with E-state index in [0.29, 0.717) is 50.3 Å². The molecule has 1 saturated carbocycles. The third kappa shape index (κ3) is 57.5. The minimum absolute atomic E-state index is 0.0174. The molecule has 10 rings (SSSR count). The second-order valence-electron chi connectivity index (χ2n) is 27.4. The summed E-state index contributed by atoms with van der Waals surface area (Å²) < 4.78 is 22.9. The molecule has 34 heteroatoms. The number of nitrogens with one attached hydrogen (secondary N) is 9. The average molecular weight is 1770 g/mol. The van der Waals surface area contributed by atoms with Crippen molar-refractivity contribution >= 4 is 76.1 Å². The molecule has 6 aromatic carbocycles. The van der Waals surface area contributed by atoms with E-state index in [-0.39, 0.29) is 130 Å². The molecule has 0 radical (unpaired) electrons. The Labute approximate surface area is 753 Å². The molecule has 9 amide bonds. The first-order chi connectivity index (χ1) is 61.4. The van der Waals surface area contributed by atoms with Crippen LogP contribution in [0.2, 0.25) is 5.02 Å². The fourth-order valence-electron chi connectivity index (χ4n) is 10.7. The normalized spacial score (nSPS) is 12.0. The van der Waals surface area contributed by atoms with Crippen LogP contribution in [-0.2, 0) is 86.9 Å². The number of thiophene rings is 1. The van der Waals surface area contributed by atoms with Crippen LogP contribution in [0.15, 0.2) is 175 Å². The molecule has 3 aliphatic rings. The lowest BCUT2D eigenvalue weighted by Crippen LogP contribution is -2.44. The van der Waals surface area contributed by atoms with Gasteiger partial charge in [-0.1, -0.05) is 145 Å². The van der Waals surface area contributed by atoms with E-state index in [2.05, 4.69) is 126 Å². The lowest BCUT2D eigenvalue weighted by Gasteiger charge is -2.32. The molecule has 31 nitrogen and oxygen atoms in total. The van der Waals surface area contributed by atoms with Gasteiger partial charge >= 0.3 is 5.91 Å². The van der Waals surface area contributed by atoms with E-state index < -0.39 is 0 Å². The van der Waals surface area contributed by atoms with E-state index in [0.717, 1.165) is 129 Å². The van der Waals surface area contributed by atoms with E-state index in [1.807, 2.05) is 128 Å². The van der Waals surface area contributed by atoms with Crippen molar-refractivity contribution in [3.63, 3.8) is 0 Å². The van der Waals surface area contributed by atoms with Crippen molar-refractivity contribution in [2.75, 3.05) is 132 Å². The standard InChI is InChI=1S/C15H19N3O.C13H16N2O2.2C11H12N2O.C10H9ClN2O.C10H9FN2O.C9H15N3O2.C8H8N2OS.C6H8N2O/c1-16-11-15(19)17-14-7-9-18(10-8-14)12-13-5-3-2-4-6-13;1-10-4-5-11(8-12(10)17-3)6-7-15-13(16)9-14-2;1-9(13-11(14)8-12-2)10-6-4-3-5-7-10;1-12-9-11(14)13-8-7-10-5-3-2-4-6-10;2*1-12-7-10(14)13-6-8-2-4-9(11)5-3-8;1-10-8-9(13)11-2-3-12-4-6-14-7-5-12;1-9-6-8(11)10-5-7-3-2-4-12-7;1-7-4-6(9)8-5-2-3-5/h2-6,14H,7-12H2,(H,17,19);4-5,8H,6-7,9H2,1,3H3,(H,15,16);3-7,9H,8H2,1H3,(H,13,14);2-6H,7-9H2,(H,13,14);2*2-5H,6-7H2,(H,13,14);2-8H2,(H,11,13);2-4H,5-6H2,(H,10,11);5H,2-4H2,(H,8,9)/t;;9-;;;;;;/m..0....../s1. The highest BCUT2D eigenvalue weighted by atomic mass is 35.5. The maximum absolute atomic E-state index is 12.5. The summed E-state index contributed by atoms with van der Waals surface area (Å²) >= 11 is 7.29. The molecule has 0 spiro atoms. The number of ether oxygens (including phenoxy) is 2. The molecule has 9 N–H and O–H groups in total. The number of hydrogen-bond donors (Lipinski definition) is 9. The Bertz CT molecular complexity index is 4750. The summed E-state index contributed by atoms with van der Waals surface area (Å²) in [5.74, 6) is -1.34. The van der Waals surface area contributed by atoms with Crippen molar-refractivity contribution in [3.05, 3.63) is 333 Å². The Morgan fingerprint density at radius 3 is 1.28 bits per heavy atom. The summed E-state index contributed by atoms with van der Waals surface area (Å²) in [7, 11) is 1.64. The highest BCUT2D eigenvalue weighted by Gasteiger charge is 2.24. The highest BCUT2D eigenvalue weighted by molar-refractivity contribution is 7.09. The third-order valence-electron chi connectivity index (χ3n) is 17.3. The van der Waals surface area contributed by atoms with Gasteiger partial charge in [-0.15, -0.1) is 11.3 Å². The van der Waals surface area contributed by atoms with Gasteiger partial charge in [0, 0.05) is 94.0 Å². The molecule has 2 saturated heterocycles. The molecule has 3 fully saturated rings. The van der Waals surface area contributed by atoms with Crippen molar-refractivity contribution in [2.24, 2.45) is 0 Å². The molecule has 1 aliphatic carbocycles. The van der Waals surface area contributed by atoms with Crippen LogP contribution in [0, 0.1) is 71.9 Å². The molecular formula is C93H108ClFN20O11S. The van der Waals surface area contributed by atoms with Gasteiger partial charge in [0.2, 0.25) is 0 Å². The molecule has 0 bridgehead atoms. The topological polar surface area (TPSA) is 326 Å². The summed E-state index contributed by atoms with van der Waals surface area (Å²) in [5, 5.41) is 26.9. The second kappa shape index (κ2) is 70.0. The van der Waals surface area contributed by atoms with Gasteiger partial charge in [0.25, 0.3) is 106 Å². The van der Waals surface area contributed by atoms with Gasteiger partial charge in [-0.25, -0.2) is 63.5 Å². The molecule has 127 heavy (non-hydrogen) atoms. The number of rotatable bonds is 31. The van der Waals surface area contributed by atoms with Gasteiger partial charge in [0.05, 0.1) is 32.9 Å². The maximum Gasteiger partial charge on any atom is 0.300 e. The van der Waals surface area contributed by atoms with Crippen LogP contribution in [0.5, 0.6) is 5.75 Å². The first kappa shape index (κ1) is 109. The zero-order valence-corrected chi connectivity index (χ0v) is 73.1. The van der Waals surface area contributed by atoms with Crippen LogP contribution in [0.3, 0.4) is 0 Å². The summed E-state index contributed by atoms with van der Waals surface area (Å²) in [6.07, 6.45) is 5.66. The third-order valence-corrected chi connectivity index (χ3v) is 18.4. The predicted octanol–water partition coefficient (Wildman–Crippen LogP) is 10.4. The fourth-order valence-corrected chi connectivity index (χ4v) is 11.5. The zero-order valence-electron chi connectivity index (χ0n) is 71.6.